The third-order valence-corrected chi connectivity index (χ3v) is 5.40. The molecule has 2 heterocycles. The van der Waals surface area contributed by atoms with Gasteiger partial charge in [-0.25, -0.2) is 0 Å². The summed E-state index contributed by atoms with van der Waals surface area (Å²) in [7, 11) is 0. The number of ether oxygens (including phenoxy) is 1. The van der Waals surface area contributed by atoms with E-state index in [1.165, 1.54) is 6.42 Å². The zero-order valence-electron chi connectivity index (χ0n) is 17.6. The Morgan fingerprint density at radius 1 is 1.00 bits per heavy atom. The van der Waals surface area contributed by atoms with Crippen molar-refractivity contribution in [2.75, 3.05) is 11.9 Å². The minimum atomic E-state index is -0.252. The Kier molecular flexibility index (Phi) is 6.40. The van der Waals surface area contributed by atoms with Crippen molar-refractivity contribution in [2.45, 2.75) is 45.6 Å². The van der Waals surface area contributed by atoms with E-state index in [9.17, 15) is 9.59 Å². The summed E-state index contributed by atoms with van der Waals surface area (Å²) in [6.45, 7) is 2.66. The number of fused-ring (bicyclic) bond motifs is 1. The van der Waals surface area contributed by atoms with Crippen LogP contribution in [0.4, 0.5) is 5.69 Å². The number of carbonyl (C=O) groups is 2. The fraction of sp³-hybridized carbons (Fsp3) is 0.333. The third-order valence-electron chi connectivity index (χ3n) is 5.40. The topological polar surface area (TPSA) is 86.1 Å². The van der Waals surface area contributed by atoms with Crippen LogP contribution in [0.2, 0.25) is 0 Å². The van der Waals surface area contributed by atoms with Crippen LogP contribution in [0.15, 0.2) is 48.5 Å². The molecule has 0 saturated heterocycles. The number of hydrogen-bond acceptors (Lipinski definition) is 5. The van der Waals surface area contributed by atoms with Crippen molar-refractivity contribution in [2.24, 2.45) is 0 Å². The van der Waals surface area contributed by atoms with E-state index >= 15 is 0 Å². The van der Waals surface area contributed by atoms with E-state index in [4.69, 9.17) is 4.74 Å². The van der Waals surface area contributed by atoms with Crippen LogP contribution in [0.3, 0.4) is 0 Å². The van der Waals surface area contributed by atoms with Gasteiger partial charge in [0.1, 0.15) is 11.6 Å². The van der Waals surface area contributed by atoms with Crippen molar-refractivity contribution < 1.29 is 14.3 Å². The van der Waals surface area contributed by atoms with Gasteiger partial charge in [-0.05, 0) is 61.4 Å². The number of ketones is 1. The molecule has 7 nitrogen and oxygen atoms in total. The molecule has 160 valence electrons. The summed E-state index contributed by atoms with van der Waals surface area (Å²) in [6, 6.07) is 14.4. The largest absolute Gasteiger partial charge is 0.484 e. The van der Waals surface area contributed by atoms with Crippen LogP contribution in [-0.2, 0) is 17.8 Å². The maximum Gasteiger partial charge on any atom is 0.262 e. The molecule has 1 amide bonds. The van der Waals surface area contributed by atoms with Crippen LogP contribution in [0.25, 0.3) is 11.4 Å². The first kappa shape index (κ1) is 20.8. The van der Waals surface area contributed by atoms with Gasteiger partial charge in [-0.15, -0.1) is 10.2 Å². The van der Waals surface area contributed by atoms with Crippen LogP contribution < -0.4 is 10.1 Å². The lowest BCUT2D eigenvalue weighted by atomic mass is 10.1. The SMILES string of the molecule is CCC(=O)c1ccc(OCC(=O)Nc2ccc(-c3nnc4n3CCCCC4)cc2)cc1. The Bertz CT molecular complexity index is 1060. The highest BCUT2D eigenvalue weighted by atomic mass is 16.5. The Hall–Kier alpha value is -3.48. The summed E-state index contributed by atoms with van der Waals surface area (Å²) in [5.74, 6) is 2.30. The lowest BCUT2D eigenvalue weighted by Crippen LogP contribution is -2.20. The molecule has 0 bridgehead atoms. The Labute approximate surface area is 181 Å². The van der Waals surface area contributed by atoms with Gasteiger partial charge in [-0.2, -0.15) is 0 Å². The number of nitrogens with zero attached hydrogens (tertiary/aromatic N) is 3. The molecule has 1 aromatic heterocycles. The Balaban J connectivity index is 1.33. The normalized spacial score (nSPS) is 13.2. The maximum atomic E-state index is 12.2. The van der Waals surface area contributed by atoms with Gasteiger partial charge in [0.25, 0.3) is 5.91 Å². The molecule has 0 saturated carbocycles. The molecule has 31 heavy (non-hydrogen) atoms. The summed E-state index contributed by atoms with van der Waals surface area (Å²) >= 11 is 0. The van der Waals surface area contributed by atoms with Crippen LogP contribution in [0, 0.1) is 0 Å². The van der Waals surface area contributed by atoms with Crippen molar-refractivity contribution in [3.05, 3.63) is 59.9 Å². The first-order chi connectivity index (χ1) is 15.1. The van der Waals surface area contributed by atoms with E-state index in [-0.39, 0.29) is 18.3 Å². The summed E-state index contributed by atoms with van der Waals surface area (Å²) in [5.41, 5.74) is 2.32. The molecule has 0 fully saturated rings. The molecule has 0 atom stereocenters. The first-order valence-electron chi connectivity index (χ1n) is 10.7. The molecule has 1 aliphatic heterocycles. The van der Waals surface area contributed by atoms with Crippen LogP contribution in [-0.4, -0.2) is 33.1 Å². The standard InChI is InChI=1S/C24H26N4O3/c1-2-21(29)17-9-13-20(14-10-17)31-16-23(30)25-19-11-7-18(8-12-19)24-27-26-22-6-4-3-5-15-28(22)24/h7-14H,2-6,15-16H2,1H3,(H,25,30). The molecule has 7 heteroatoms. The van der Waals surface area contributed by atoms with Gasteiger partial charge in [0.2, 0.25) is 0 Å². The minimum Gasteiger partial charge on any atom is -0.484 e. The van der Waals surface area contributed by atoms with Gasteiger partial charge in [0.15, 0.2) is 18.2 Å². The monoisotopic (exact) mass is 418 g/mol. The average Bonchev–Trinajstić information content (AvgIpc) is 3.06. The molecule has 0 spiro atoms. The number of amides is 1. The molecule has 4 rings (SSSR count). The van der Waals surface area contributed by atoms with Crippen molar-refractivity contribution in [1.29, 1.82) is 0 Å². The zero-order valence-corrected chi connectivity index (χ0v) is 17.6. The van der Waals surface area contributed by atoms with Crippen molar-refractivity contribution >= 4 is 17.4 Å². The molecule has 0 radical (unpaired) electrons. The van der Waals surface area contributed by atoms with E-state index in [1.807, 2.05) is 31.2 Å². The van der Waals surface area contributed by atoms with Gasteiger partial charge >= 0.3 is 0 Å². The van der Waals surface area contributed by atoms with Crippen molar-refractivity contribution in [3.8, 4) is 17.1 Å². The van der Waals surface area contributed by atoms with Crippen molar-refractivity contribution in [1.82, 2.24) is 14.8 Å². The fourth-order valence-electron chi connectivity index (χ4n) is 3.69. The van der Waals surface area contributed by atoms with Gasteiger partial charge in [-0.1, -0.05) is 13.3 Å². The van der Waals surface area contributed by atoms with Gasteiger partial charge in [-0.3, -0.25) is 9.59 Å². The molecule has 0 unspecified atom stereocenters. The van der Waals surface area contributed by atoms with E-state index in [0.717, 1.165) is 43.0 Å². The number of carbonyl (C=O) groups excluding carboxylic acids is 2. The lowest BCUT2D eigenvalue weighted by molar-refractivity contribution is -0.118. The predicted molar refractivity (Wildman–Crippen MR) is 118 cm³/mol. The molecular formula is C24H26N4O3. The summed E-state index contributed by atoms with van der Waals surface area (Å²) in [4.78, 5) is 23.9. The van der Waals surface area contributed by atoms with Crippen LogP contribution >= 0.6 is 0 Å². The number of rotatable bonds is 7. The van der Waals surface area contributed by atoms with Crippen molar-refractivity contribution in [3.63, 3.8) is 0 Å². The molecular weight excluding hydrogens is 392 g/mol. The zero-order chi connectivity index (χ0) is 21.6. The van der Waals surface area contributed by atoms with Gasteiger partial charge in [0.05, 0.1) is 0 Å². The molecule has 1 N–H and O–H groups in total. The fourth-order valence-corrected chi connectivity index (χ4v) is 3.69. The van der Waals surface area contributed by atoms with E-state index < -0.39 is 0 Å². The first-order valence-corrected chi connectivity index (χ1v) is 10.7. The van der Waals surface area contributed by atoms with Gasteiger partial charge in [0, 0.05) is 36.2 Å². The molecule has 1 aliphatic rings. The number of benzene rings is 2. The van der Waals surface area contributed by atoms with E-state index in [0.29, 0.717) is 23.4 Å². The minimum absolute atomic E-state index is 0.0786. The summed E-state index contributed by atoms with van der Waals surface area (Å²) in [5, 5.41) is 11.6. The number of anilines is 1. The maximum absolute atomic E-state index is 12.2. The second-order valence-electron chi connectivity index (χ2n) is 7.62. The third kappa shape index (κ3) is 4.99. The quantitative estimate of drug-likeness (QED) is 0.579. The van der Waals surface area contributed by atoms with Crippen LogP contribution in [0.5, 0.6) is 5.75 Å². The number of aromatic nitrogens is 3. The molecule has 0 aliphatic carbocycles. The lowest BCUT2D eigenvalue weighted by Gasteiger charge is -2.10. The molecule has 3 aromatic rings. The average molecular weight is 418 g/mol. The number of nitrogens with one attached hydrogen (secondary N) is 1. The molecule has 2 aromatic carbocycles. The second-order valence-corrected chi connectivity index (χ2v) is 7.62. The highest BCUT2D eigenvalue weighted by Gasteiger charge is 2.16. The number of Topliss-reactive ketones (excluding diaryl/α,β-unsaturated/α-hetero) is 1. The van der Waals surface area contributed by atoms with Crippen LogP contribution in [0.1, 0.15) is 48.8 Å². The summed E-state index contributed by atoms with van der Waals surface area (Å²) < 4.78 is 7.72. The summed E-state index contributed by atoms with van der Waals surface area (Å²) in [6.07, 6.45) is 4.95. The predicted octanol–water partition coefficient (Wildman–Crippen LogP) is 4.28. The Morgan fingerprint density at radius 3 is 2.52 bits per heavy atom. The highest BCUT2D eigenvalue weighted by Crippen LogP contribution is 2.24. The van der Waals surface area contributed by atoms with E-state index in [1.54, 1.807) is 24.3 Å². The van der Waals surface area contributed by atoms with E-state index in [2.05, 4.69) is 20.1 Å². The number of hydrogen-bond donors (Lipinski definition) is 1. The highest BCUT2D eigenvalue weighted by molar-refractivity contribution is 5.96. The Morgan fingerprint density at radius 2 is 1.77 bits per heavy atom. The smallest absolute Gasteiger partial charge is 0.262 e. The number of aryl methyl sites for hydroxylation is 1. The second kappa shape index (κ2) is 9.55. The van der Waals surface area contributed by atoms with Gasteiger partial charge < -0.3 is 14.6 Å².